The van der Waals surface area contributed by atoms with Crippen LogP contribution in [0.5, 0.6) is 5.75 Å². The maximum atomic E-state index is 8.91. The lowest BCUT2D eigenvalue weighted by molar-refractivity contribution is 0.475. The number of phenols is 1. The van der Waals surface area contributed by atoms with E-state index in [9.17, 15) is 0 Å². The third kappa shape index (κ3) is 1.06. The van der Waals surface area contributed by atoms with Gasteiger partial charge in [-0.2, -0.15) is 0 Å². The number of hydrogen-bond donors (Lipinski definition) is 1. The predicted molar refractivity (Wildman–Crippen MR) is 37.6 cm³/mol. The summed E-state index contributed by atoms with van der Waals surface area (Å²) in [5, 5.41) is 17.3. The van der Waals surface area contributed by atoms with Gasteiger partial charge in [-0.3, -0.25) is 0 Å². The first-order chi connectivity index (χ1) is 4.74. The molecule has 0 fully saturated rings. The summed E-state index contributed by atoms with van der Waals surface area (Å²) < 4.78 is 0. The molecule has 0 aliphatic rings. The molecule has 0 aliphatic heterocycles. The fraction of sp³-hybridized carbons (Fsp3) is 0.143. The standard InChI is InChI=1S/C7H6N2O/c1-5-4-6(10)2-3-7(5)9-8/h2-4H,1H3/p+1. The lowest BCUT2D eigenvalue weighted by Gasteiger charge is -1.88. The van der Waals surface area contributed by atoms with Crippen LogP contribution in [0.3, 0.4) is 0 Å². The number of hydrogen-bond acceptors (Lipinski definition) is 2. The van der Waals surface area contributed by atoms with Crippen molar-refractivity contribution in [2.24, 2.45) is 0 Å². The molecule has 0 saturated heterocycles. The molecule has 1 aromatic rings. The Kier molecular flexibility index (Phi) is 1.55. The van der Waals surface area contributed by atoms with Crippen molar-refractivity contribution in [3.63, 3.8) is 0 Å². The van der Waals surface area contributed by atoms with E-state index >= 15 is 0 Å². The second-order valence-corrected chi connectivity index (χ2v) is 2.07. The third-order valence-electron chi connectivity index (χ3n) is 1.29. The first-order valence-corrected chi connectivity index (χ1v) is 2.89. The normalized spacial score (nSPS) is 8.80. The quantitative estimate of drug-likeness (QED) is 0.554. The van der Waals surface area contributed by atoms with E-state index in [4.69, 9.17) is 10.5 Å². The van der Waals surface area contributed by atoms with Gasteiger partial charge in [0.1, 0.15) is 5.75 Å². The summed E-state index contributed by atoms with van der Waals surface area (Å²) in [4.78, 5) is 3.00. The van der Waals surface area contributed by atoms with Crippen LogP contribution in [0.2, 0.25) is 0 Å². The highest BCUT2D eigenvalue weighted by molar-refractivity contribution is 5.53. The average Bonchev–Trinajstić information content (AvgIpc) is 1.88. The molecule has 0 aliphatic carbocycles. The fourth-order valence-corrected chi connectivity index (χ4v) is 0.752. The van der Waals surface area contributed by atoms with E-state index in [0.29, 0.717) is 5.69 Å². The molecule has 0 bridgehead atoms. The second kappa shape index (κ2) is 2.36. The Morgan fingerprint density at radius 3 is 2.70 bits per heavy atom. The molecular formula is C7H7N2O+. The Labute approximate surface area is 58.6 Å². The minimum atomic E-state index is 0.185. The van der Waals surface area contributed by atoms with Crippen LogP contribution >= 0.6 is 0 Å². The van der Waals surface area contributed by atoms with Gasteiger partial charge in [0.25, 0.3) is 0 Å². The maximum Gasteiger partial charge on any atom is 0.388 e. The summed E-state index contributed by atoms with van der Waals surface area (Å²) in [6.45, 7) is 1.76. The lowest BCUT2D eigenvalue weighted by Crippen LogP contribution is -1.70. The van der Waals surface area contributed by atoms with Crippen molar-refractivity contribution in [3.8, 4) is 5.75 Å². The zero-order chi connectivity index (χ0) is 7.56. The van der Waals surface area contributed by atoms with Gasteiger partial charge < -0.3 is 5.11 Å². The molecule has 0 unspecified atom stereocenters. The molecule has 0 saturated carbocycles. The molecule has 0 amide bonds. The highest BCUT2D eigenvalue weighted by Crippen LogP contribution is 2.22. The Hall–Kier alpha value is -1.56. The summed E-state index contributed by atoms with van der Waals surface area (Å²) in [5.74, 6) is 0.185. The highest BCUT2D eigenvalue weighted by Gasteiger charge is 2.08. The van der Waals surface area contributed by atoms with E-state index in [2.05, 4.69) is 4.98 Å². The first-order valence-electron chi connectivity index (χ1n) is 2.89. The van der Waals surface area contributed by atoms with Crippen molar-refractivity contribution in [2.45, 2.75) is 6.92 Å². The molecular weight excluding hydrogens is 128 g/mol. The topological polar surface area (TPSA) is 48.4 Å². The number of rotatable bonds is 0. The van der Waals surface area contributed by atoms with Crippen LogP contribution < -0.4 is 0 Å². The first kappa shape index (κ1) is 6.56. The van der Waals surface area contributed by atoms with Gasteiger partial charge in [0, 0.05) is 11.6 Å². The van der Waals surface area contributed by atoms with Gasteiger partial charge in [0.05, 0.1) is 0 Å². The van der Waals surface area contributed by atoms with Crippen molar-refractivity contribution in [3.05, 3.63) is 28.7 Å². The van der Waals surface area contributed by atoms with Gasteiger partial charge in [-0.15, -0.1) is 0 Å². The molecule has 0 radical (unpaired) electrons. The number of aromatic hydroxyl groups is 1. The zero-order valence-corrected chi connectivity index (χ0v) is 5.57. The molecule has 1 aromatic carbocycles. The van der Waals surface area contributed by atoms with Crippen molar-refractivity contribution >= 4 is 5.69 Å². The minimum Gasteiger partial charge on any atom is -0.508 e. The van der Waals surface area contributed by atoms with Crippen molar-refractivity contribution in [1.82, 2.24) is 0 Å². The van der Waals surface area contributed by atoms with Crippen molar-refractivity contribution in [2.75, 3.05) is 0 Å². The monoisotopic (exact) mass is 135 g/mol. The highest BCUT2D eigenvalue weighted by atomic mass is 16.3. The largest absolute Gasteiger partial charge is 0.508 e. The zero-order valence-electron chi connectivity index (χ0n) is 5.57. The van der Waals surface area contributed by atoms with E-state index in [1.807, 2.05) is 0 Å². The second-order valence-electron chi connectivity index (χ2n) is 2.07. The van der Waals surface area contributed by atoms with E-state index in [1.54, 1.807) is 13.0 Å². The molecule has 1 N–H and O–H groups in total. The molecule has 0 heterocycles. The smallest absolute Gasteiger partial charge is 0.388 e. The van der Waals surface area contributed by atoms with Crippen LogP contribution in [-0.2, 0) is 0 Å². The minimum absolute atomic E-state index is 0.185. The molecule has 0 aromatic heterocycles. The van der Waals surface area contributed by atoms with Crippen LogP contribution in [-0.4, -0.2) is 5.11 Å². The Morgan fingerprint density at radius 2 is 2.20 bits per heavy atom. The average molecular weight is 135 g/mol. The van der Waals surface area contributed by atoms with Crippen molar-refractivity contribution in [1.29, 1.82) is 5.39 Å². The predicted octanol–water partition coefficient (Wildman–Crippen LogP) is 2.19. The number of diazo groups is 1. The van der Waals surface area contributed by atoms with Gasteiger partial charge >= 0.3 is 5.69 Å². The molecule has 0 atom stereocenters. The summed E-state index contributed by atoms with van der Waals surface area (Å²) in [5.41, 5.74) is 1.24. The fourth-order valence-electron chi connectivity index (χ4n) is 0.752. The number of phenolic OH excluding ortho intramolecular Hbond substituents is 1. The van der Waals surface area contributed by atoms with Crippen LogP contribution in [0.1, 0.15) is 5.56 Å². The van der Waals surface area contributed by atoms with E-state index in [1.165, 1.54) is 12.1 Å². The summed E-state index contributed by atoms with van der Waals surface area (Å²) >= 11 is 0. The SMILES string of the molecule is Cc1cc(O)ccc1[N+]#N. The van der Waals surface area contributed by atoms with E-state index in [0.717, 1.165) is 5.56 Å². The number of benzene rings is 1. The number of nitrogens with zero attached hydrogens (tertiary/aromatic N) is 2. The third-order valence-corrected chi connectivity index (χ3v) is 1.29. The summed E-state index contributed by atoms with van der Waals surface area (Å²) in [6, 6.07) is 4.56. The van der Waals surface area contributed by atoms with Crippen LogP contribution in [0.15, 0.2) is 18.2 Å². The van der Waals surface area contributed by atoms with Crippen molar-refractivity contribution < 1.29 is 5.11 Å². The maximum absolute atomic E-state index is 8.91. The molecule has 0 spiro atoms. The Morgan fingerprint density at radius 1 is 1.50 bits per heavy atom. The van der Waals surface area contributed by atoms with Gasteiger partial charge in [-0.25, -0.2) is 0 Å². The molecule has 50 valence electrons. The van der Waals surface area contributed by atoms with Gasteiger partial charge in [0.15, 0.2) is 4.98 Å². The van der Waals surface area contributed by atoms with Crippen LogP contribution in [0.25, 0.3) is 4.98 Å². The van der Waals surface area contributed by atoms with Gasteiger partial charge in [-0.1, -0.05) is 0 Å². The van der Waals surface area contributed by atoms with Crippen LogP contribution in [0, 0.1) is 12.3 Å². The summed E-state index contributed by atoms with van der Waals surface area (Å²) in [6.07, 6.45) is 0. The lowest BCUT2D eigenvalue weighted by atomic mass is 10.2. The van der Waals surface area contributed by atoms with Gasteiger partial charge in [-0.05, 0) is 19.1 Å². The Balaban J connectivity index is 3.23. The van der Waals surface area contributed by atoms with Crippen LogP contribution in [0.4, 0.5) is 5.69 Å². The molecule has 3 nitrogen and oxygen atoms in total. The van der Waals surface area contributed by atoms with Gasteiger partial charge in [0.2, 0.25) is 5.39 Å². The Bertz CT molecular complexity index is 288. The molecule has 3 heteroatoms. The molecule has 10 heavy (non-hydrogen) atoms. The summed E-state index contributed by atoms with van der Waals surface area (Å²) in [7, 11) is 0. The van der Waals surface area contributed by atoms with E-state index < -0.39 is 0 Å². The molecule has 1 rings (SSSR count). The number of aryl methyl sites for hydroxylation is 1. The van der Waals surface area contributed by atoms with E-state index in [-0.39, 0.29) is 5.75 Å².